The van der Waals surface area contributed by atoms with Gasteiger partial charge in [0.25, 0.3) is 11.8 Å². The molecule has 0 bridgehead atoms. The van der Waals surface area contributed by atoms with Crippen molar-refractivity contribution >= 4 is 29.6 Å². The summed E-state index contributed by atoms with van der Waals surface area (Å²) in [4.78, 5) is 38.5. The minimum Gasteiger partial charge on any atom is -0.497 e. The van der Waals surface area contributed by atoms with Crippen molar-refractivity contribution < 1.29 is 28.2 Å². The quantitative estimate of drug-likeness (QED) is 0.456. The van der Waals surface area contributed by atoms with Crippen molar-refractivity contribution in [2.24, 2.45) is 0 Å². The summed E-state index contributed by atoms with van der Waals surface area (Å²) in [6.45, 7) is 0.0624. The Morgan fingerprint density at radius 2 is 1.58 bits per heavy atom. The fourth-order valence-electron chi connectivity index (χ4n) is 3.23. The van der Waals surface area contributed by atoms with Crippen molar-refractivity contribution in [2.45, 2.75) is 6.61 Å². The van der Waals surface area contributed by atoms with E-state index in [4.69, 9.17) is 9.47 Å². The zero-order valence-electron chi connectivity index (χ0n) is 17.6. The Morgan fingerprint density at radius 1 is 0.909 bits per heavy atom. The SMILES string of the molecule is COc1ccc(N2C(=O)NC(=O)/C(=C\c3ccc(OCc4ccccc4F)cc3)C2=O)cc1. The van der Waals surface area contributed by atoms with Crippen LogP contribution in [0, 0.1) is 5.82 Å². The van der Waals surface area contributed by atoms with Gasteiger partial charge in [0, 0.05) is 5.56 Å². The molecule has 1 fully saturated rings. The molecule has 0 aromatic heterocycles. The first-order valence-electron chi connectivity index (χ1n) is 9.98. The molecule has 1 N–H and O–H groups in total. The van der Waals surface area contributed by atoms with Crippen molar-refractivity contribution in [1.82, 2.24) is 5.32 Å². The summed E-state index contributed by atoms with van der Waals surface area (Å²) < 4.78 is 24.4. The number of imide groups is 2. The number of methoxy groups -OCH3 is 1. The van der Waals surface area contributed by atoms with Crippen LogP contribution < -0.4 is 19.7 Å². The summed E-state index contributed by atoms with van der Waals surface area (Å²) in [7, 11) is 1.50. The molecule has 3 aromatic rings. The van der Waals surface area contributed by atoms with Crippen molar-refractivity contribution in [2.75, 3.05) is 12.0 Å². The third-order valence-corrected chi connectivity index (χ3v) is 4.98. The molecule has 0 aliphatic carbocycles. The normalized spacial score (nSPS) is 14.9. The van der Waals surface area contributed by atoms with E-state index in [1.807, 2.05) is 0 Å². The Balaban J connectivity index is 1.51. The molecular weight excluding hydrogens is 427 g/mol. The molecule has 0 spiro atoms. The number of carbonyl (C=O) groups is 3. The molecule has 4 rings (SSSR count). The lowest BCUT2D eigenvalue weighted by Gasteiger charge is -2.26. The van der Waals surface area contributed by atoms with Gasteiger partial charge < -0.3 is 9.47 Å². The summed E-state index contributed by atoms with van der Waals surface area (Å²) in [6.07, 6.45) is 1.39. The van der Waals surface area contributed by atoms with E-state index < -0.39 is 17.8 Å². The fraction of sp³-hybridized carbons (Fsp3) is 0.0800. The van der Waals surface area contributed by atoms with Gasteiger partial charge in [-0.05, 0) is 54.1 Å². The Labute approximate surface area is 189 Å². The standard InChI is InChI=1S/C25H19FN2O5/c1-32-19-12-8-18(9-13-19)28-24(30)21(23(29)27-25(28)31)14-16-6-10-20(11-7-16)33-15-17-4-2-3-5-22(17)26/h2-14H,15H2,1H3,(H,27,29,31)/b21-14+. The molecular formula is C25H19FN2O5. The van der Waals surface area contributed by atoms with E-state index in [2.05, 4.69) is 5.32 Å². The van der Waals surface area contributed by atoms with Crippen molar-refractivity contribution in [3.05, 3.63) is 95.3 Å². The Hall–Kier alpha value is -4.46. The summed E-state index contributed by atoms with van der Waals surface area (Å²) in [6, 6.07) is 18.4. The third kappa shape index (κ3) is 4.74. The summed E-state index contributed by atoms with van der Waals surface area (Å²) in [5.74, 6) is -0.817. The first-order valence-corrected chi connectivity index (χ1v) is 9.98. The zero-order valence-corrected chi connectivity index (χ0v) is 17.6. The van der Waals surface area contributed by atoms with Crippen LogP contribution in [0.5, 0.6) is 11.5 Å². The average molecular weight is 446 g/mol. The van der Waals surface area contributed by atoms with E-state index in [1.165, 1.54) is 19.3 Å². The predicted molar refractivity (Wildman–Crippen MR) is 119 cm³/mol. The van der Waals surface area contributed by atoms with Crippen molar-refractivity contribution in [1.29, 1.82) is 0 Å². The monoisotopic (exact) mass is 446 g/mol. The summed E-state index contributed by atoms with van der Waals surface area (Å²) >= 11 is 0. The Morgan fingerprint density at radius 3 is 2.24 bits per heavy atom. The van der Waals surface area contributed by atoms with Crippen LogP contribution in [-0.2, 0) is 16.2 Å². The van der Waals surface area contributed by atoms with E-state index in [0.717, 1.165) is 4.90 Å². The number of urea groups is 1. The second kappa shape index (κ2) is 9.35. The first-order chi connectivity index (χ1) is 16.0. The van der Waals surface area contributed by atoms with Gasteiger partial charge in [-0.1, -0.05) is 30.3 Å². The molecule has 7 nitrogen and oxygen atoms in total. The number of barbiturate groups is 1. The molecule has 166 valence electrons. The van der Waals surface area contributed by atoms with Crippen LogP contribution in [0.4, 0.5) is 14.9 Å². The molecule has 0 atom stereocenters. The summed E-state index contributed by atoms with van der Waals surface area (Å²) in [5, 5.41) is 2.18. The minimum absolute atomic E-state index is 0.0624. The number of ether oxygens (including phenoxy) is 2. The van der Waals surface area contributed by atoms with Gasteiger partial charge in [-0.3, -0.25) is 14.9 Å². The third-order valence-electron chi connectivity index (χ3n) is 4.98. The highest BCUT2D eigenvalue weighted by Gasteiger charge is 2.36. The molecule has 1 heterocycles. The molecule has 0 radical (unpaired) electrons. The minimum atomic E-state index is -0.829. The number of halogens is 1. The zero-order chi connectivity index (χ0) is 23.4. The number of carbonyl (C=O) groups excluding carboxylic acids is 3. The van der Waals surface area contributed by atoms with Gasteiger partial charge in [-0.2, -0.15) is 0 Å². The van der Waals surface area contributed by atoms with Crippen LogP contribution in [0.15, 0.2) is 78.4 Å². The molecule has 1 aliphatic rings. The van der Waals surface area contributed by atoms with Crippen molar-refractivity contribution in [3.8, 4) is 11.5 Å². The number of hydrogen-bond acceptors (Lipinski definition) is 5. The largest absolute Gasteiger partial charge is 0.497 e. The van der Waals surface area contributed by atoms with Crippen LogP contribution in [0.3, 0.4) is 0 Å². The first kappa shape index (κ1) is 21.8. The van der Waals surface area contributed by atoms with Gasteiger partial charge in [0.2, 0.25) is 0 Å². The molecule has 33 heavy (non-hydrogen) atoms. The molecule has 8 heteroatoms. The number of nitrogens with one attached hydrogen (secondary N) is 1. The summed E-state index contributed by atoms with van der Waals surface area (Å²) in [5.41, 5.74) is 1.09. The second-order valence-corrected chi connectivity index (χ2v) is 7.10. The molecule has 4 amide bonds. The number of rotatable bonds is 6. The van der Waals surface area contributed by atoms with Crippen LogP contribution in [0.25, 0.3) is 6.08 Å². The van der Waals surface area contributed by atoms with Crippen LogP contribution in [0.1, 0.15) is 11.1 Å². The van der Waals surface area contributed by atoms with Gasteiger partial charge >= 0.3 is 6.03 Å². The molecule has 1 aliphatic heterocycles. The Kier molecular flexibility index (Phi) is 6.17. The molecule has 3 aromatic carbocycles. The lowest BCUT2D eigenvalue weighted by atomic mass is 10.1. The topological polar surface area (TPSA) is 84.9 Å². The number of benzene rings is 3. The van der Waals surface area contributed by atoms with Gasteiger partial charge in [0.05, 0.1) is 12.8 Å². The highest BCUT2D eigenvalue weighted by atomic mass is 19.1. The molecule has 0 saturated carbocycles. The van der Waals surface area contributed by atoms with E-state index in [1.54, 1.807) is 66.7 Å². The number of anilines is 1. The molecule has 0 unspecified atom stereocenters. The van der Waals surface area contributed by atoms with Crippen LogP contribution >= 0.6 is 0 Å². The smallest absolute Gasteiger partial charge is 0.335 e. The number of amides is 4. The Bertz CT molecular complexity index is 1240. The van der Waals surface area contributed by atoms with Gasteiger partial charge in [-0.25, -0.2) is 14.1 Å². The van der Waals surface area contributed by atoms with Gasteiger partial charge in [-0.15, -0.1) is 0 Å². The van der Waals surface area contributed by atoms with E-state index >= 15 is 0 Å². The lowest BCUT2D eigenvalue weighted by Crippen LogP contribution is -2.54. The second-order valence-electron chi connectivity index (χ2n) is 7.10. The number of nitrogens with zero attached hydrogens (tertiary/aromatic N) is 1. The van der Waals surface area contributed by atoms with E-state index in [9.17, 15) is 18.8 Å². The van der Waals surface area contributed by atoms with Gasteiger partial charge in [0.15, 0.2) is 0 Å². The maximum atomic E-state index is 13.7. The fourth-order valence-corrected chi connectivity index (χ4v) is 3.23. The molecule has 1 saturated heterocycles. The highest BCUT2D eigenvalue weighted by molar-refractivity contribution is 6.39. The maximum Gasteiger partial charge on any atom is 0.335 e. The predicted octanol–water partition coefficient (Wildman–Crippen LogP) is 4.08. The van der Waals surface area contributed by atoms with E-state index in [-0.39, 0.29) is 18.0 Å². The number of hydrogen-bond donors (Lipinski definition) is 1. The van der Waals surface area contributed by atoms with Gasteiger partial charge in [0.1, 0.15) is 29.5 Å². The maximum absolute atomic E-state index is 13.7. The van der Waals surface area contributed by atoms with Crippen LogP contribution in [0.2, 0.25) is 0 Å². The highest BCUT2D eigenvalue weighted by Crippen LogP contribution is 2.25. The van der Waals surface area contributed by atoms with Crippen LogP contribution in [-0.4, -0.2) is 25.0 Å². The van der Waals surface area contributed by atoms with E-state index in [0.29, 0.717) is 28.3 Å². The lowest BCUT2D eigenvalue weighted by molar-refractivity contribution is -0.122. The average Bonchev–Trinajstić information content (AvgIpc) is 2.82. The van der Waals surface area contributed by atoms with Crippen molar-refractivity contribution in [3.63, 3.8) is 0 Å².